The van der Waals surface area contributed by atoms with Gasteiger partial charge in [-0.2, -0.15) is 0 Å². The van der Waals surface area contributed by atoms with Gasteiger partial charge >= 0.3 is 0 Å². The minimum atomic E-state index is -0.602. The monoisotopic (exact) mass is 323 g/mol. The second-order valence-corrected chi connectivity index (χ2v) is 7.74. The zero-order valence-corrected chi connectivity index (χ0v) is 14.8. The second kappa shape index (κ2) is 6.06. The van der Waals surface area contributed by atoms with Crippen LogP contribution in [-0.2, 0) is 9.63 Å². The molecule has 2 aromatic rings. The lowest BCUT2D eigenvalue weighted by Gasteiger charge is -2.36. The van der Waals surface area contributed by atoms with E-state index >= 15 is 0 Å². The topological polar surface area (TPSA) is 29.5 Å². The van der Waals surface area contributed by atoms with Crippen LogP contribution in [0.4, 0.5) is 5.69 Å². The van der Waals surface area contributed by atoms with Crippen LogP contribution in [0.15, 0.2) is 60.7 Å². The number of carbonyl (C=O) groups excluding carboxylic acids is 1. The summed E-state index contributed by atoms with van der Waals surface area (Å²) in [4.78, 5) is 19.3. The molecule has 24 heavy (non-hydrogen) atoms. The first kappa shape index (κ1) is 16.7. The maximum atomic E-state index is 13.2. The lowest BCUT2D eigenvalue weighted by molar-refractivity contribution is -0.136. The van der Waals surface area contributed by atoms with Crippen molar-refractivity contribution in [2.45, 2.75) is 33.7 Å². The molecule has 1 aliphatic heterocycles. The molecule has 126 valence electrons. The second-order valence-electron chi connectivity index (χ2n) is 7.74. The van der Waals surface area contributed by atoms with E-state index in [1.807, 2.05) is 81.3 Å². The Morgan fingerprint density at radius 3 is 2.12 bits per heavy atom. The third-order valence-corrected chi connectivity index (χ3v) is 4.67. The van der Waals surface area contributed by atoms with Crippen LogP contribution in [0.1, 0.15) is 39.3 Å². The molecule has 0 amide bonds. The molecule has 0 radical (unpaired) electrons. The molecule has 0 saturated carbocycles. The van der Waals surface area contributed by atoms with Crippen molar-refractivity contribution >= 4 is 11.5 Å². The van der Waals surface area contributed by atoms with Gasteiger partial charge in [0.15, 0.2) is 0 Å². The fourth-order valence-corrected chi connectivity index (χ4v) is 3.60. The van der Waals surface area contributed by atoms with E-state index in [1.165, 1.54) is 0 Å². The number of hydrogen-bond donors (Lipinski definition) is 0. The summed E-state index contributed by atoms with van der Waals surface area (Å²) >= 11 is 0. The van der Waals surface area contributed by atoms with Gasteiger partial charge in [0, 0.05) is 5.41 Å². The van der Waals surface area contributed by atoms with E-state index in [2.05, 4.69) is 12.1 Å². The highest BCUT2D eigenvalue weighted by molar-refractivity contribution is 5.91. The molecule has 0 aromatic heterocycles. The minimum absolute atomic E-state index is 0.146. The molecule has 0 spiro atoms. The third-order valence-electron chi connectivity index (χ3n) is 4.67. The first-order valence-corrected chi connectivity index (χ1v) is 8.41. The summed E-state index contributed by atoms with van der Waals surface area (Å²) in [6.45, 7) is 8.36. The molecular formula is C21H25NO2. The Morgan fingerprint density at radius 2 is 1.58 bits per heavy atom. The number of benzene rings is 2. The fourth-order valence-electron chi connectivity index (χ4n) is 3.60. The Balaban J connectivity index is 2.09. The van der Waals surface area contributed by atoms with Crippen LogP contribution in [0.2, 0.25) is 0 Å². The smallest absolute Gasteiger partial charge is 0.148 e. The first-order chi connectivity index (χ1) is 11.3. The minimum Gasteiger partial charge on any atom is -0.298 e. The van der Waals surface area contributed by atoms with Crippen LogP contribution >= 0.6 is 0 Å². The Bertz CT molecular complexity index is 706. The highest BCUT2D eigenvalue weighted by Gasteiger charge is 2.54. The van der Waals surface area contributed by atoms with E-state index in [0.29, 0.717) is 6.61 Å². The number of Topliss-reactive ketones (excluding diaryl/α,β-unsaturated/α-hetero) is 1. The van der Waals surface area contributed by atoms with Crippen molar-refractivity contribution in [2.75, 3.05) is 11.7 Å². The van der Waals surface area contributed by atoms with E-state index < -0.39 is 10.8 Å². The van der Waals surface area contributed by atoms with Gasteiger partial charge in [0.2, 0.25) is 0 Å². The molecule has 0 aliphatic carbocycles. The Hall–Kier alpha value is -2.13. The molecule has 1 heterocycles. The highest BCUT2D eigenvalue weighted by atomic mass is 16.7. The van der Waals surface area contributed by atoms with Gasteiger partial charge in [0.25, 0.3) is 0 Å². The van der Waals surface area contributed by atoms with Gasteiger partial charge in [-0.1, -0.05) is 69.3 Å². The summed E-state index contributed by atoms with van der Waals surface area (Å²) in [5.41, 5.74) is 1.04. The van der Waals surface area contributed by atoms with Crippen molar-refractivity contribution in [1.29, 1.82) is 0 Å². The molecule has 1 aliphatic rings. The van der Waals surface area contributed by atoms with Crippen molar-refractivity contribution in [1.82, 2.24) is 0 Å². The third kappa shape index (κ3) is 2.84. The van der Waals surface area contributed by atoms with Gasteiger partial charge in [-0.15, -0.1) is 0 Å². The maximum absolute atomic E-state index is 13.2. The first-order valence-electron chi connectivity index (χ1n) is 8.41. The lowest BCUT2D eigenvalue weighted by Crippen LogP contribution is -2.43. The van der Waals surface area contributed by atoms with Crippen molar-refractivity contribution < 1.29 is 9.63 Å². The number of rotatable bonds is 3. The predicted octanol–water partition coefficient (Wildman–Crippen LogP) is 4.80. The predicted molar refractivity (Wildman–Crippen MR) is 96.6 cm³/mol. The van der Waals surface area contributed by atoms with Crippen molar-refractivity contribution in [3.63, 3.8) is 0 Å². The molecule has 0 unspecified atom stereocenters. The average Bonchev–Trinajstić information content (AvgIpc) is 2.93. The SMILES string of the molecule is CC(C)(C)C(=O)[C@@]1(C)CON(c2ccccc2)[C@H]1c1ccccc1. The van der Waals surface area contributed by atoms with Gasteiger partial charge in [-0.05, 0) is 24.6 Å². The van der Waals surface area contributed by atoms with Crippen LogP contribution in [0.25, 0.3) is 0 Å². The molecule has 0 N–H and O–H groups in total. The summed E-state index contributed by atoms with van der Waals surface area (Å²) in [6.07, 6.45) is 0. The lowest BCUT2D eigenvalue weighted by atomic mass is 9.68. The molecule has 1 fully saturated rings. The Labute approximate surface area is 144 Å². The summed E-state index contributed by atoms with van der Waals surface area (Å²) in [6, 6.07) is 20.0. The largest absolute Gasteiger partial charge is 0.298 e. The van der Waals surface area contributed by atoms with E-state index in [-0.39, 0.29) is 11.8 Å². The van der Waals surface area contributed by atoms with Crippen LogP contribution in [0, 0.1) is 10.8 Å². The molecule has 2 aromatic carbocycles. The Kier molecular flexibility index (Phi) is 4.22. The maximum Gasteiger partial charge on any atom is 0.148 e. The van der Waals surface area contributed by atoms with Gasteiger partial charge in [-0.25, -0.2) is 5.06 Å². The van der Waals surface area contributed by atoms with Crippen molar-refractivity contribution in [3.05, 3.63) is 66.2 Å². The van der Waals surface area contributed by atoms with Crippen LogP contribution in [0.5, 0.6) is 0 Å². The summed E-state index contributed by atoms with van der Waals surface area (Å²) < 4.78 is 0. The number of ketones is 1. The summed E-state index contributed by atoms with van der Waals surface area (Å²) in [7, 11) is 0. The van der Waals surface area contributed by atoms with Crippen molar-refractivity contribution in [3.8, 4) is 0 Å². The van der Waals surface area contributed by atoms with Gasteiger partial charge in [0.05, 0.1) is 23.8 Å². The molecular weight excluding hydrogens is 298 g/mol. The zero-order chi connectivity index (χ0) is 17.4. The zero-order valence-electron chi connectivity index (χ0n) is 14.8. The quantitative estimate of drug-likeness (QED) is 0.812. The molecule has 0 bridgehead atoms. The fraction of sp³-hybridized carbons (Fsp3) is 0.381. The number of anilines is 1. The highest BCUT2D eigenvalue weighted by Crippen LogP contribution is 2.49. The van der Waals surface area contributed by atoms with Crippen molar-refractivity contribution in [2.24, 2.45) is 10.8 Å². The average molecular weight is 323 g/mol. The normalized spacial score (nSPS) is 24.2. The number of hydroxylamine groups is 1. The summed E-state index contributed by atoms with van der Waals surface area (Å²) in [5.74, 6) is 0.224. The molecule has 3 heteroatoms. The molecule has 1 saturated heterocycles. The van der Waals surface area contributed by atoms with Crippen LogP contribution in [0.3, 0.4) is 0 Å². The number of carbonyl (C=O) groups is 1. The van der Waals surface area contributed by atoms with Crippen LogP contribution < -0.4 is 5.06 Å². The van der Waals surface area contributed by atoms with Gasteiger partial charge in [0.1, 0.15) is 5.78 Å². The van der Waals surface area contributed by atoms with Gasteiger partial charge in [-0.3, -0.25) is 9.63 Å². The molecule has 2 atom stereocenters. The molecule has 3 rings (SSSR count). The van der Waals surface area contributed by atoms with Gasteiger partial charge < -0.3 is 0 Å². The standard InChI is InChI=1S/C21H25NO2/c1-20(2,3)19(23)21(4)15-24-22(17-13-9-6-10-14-17)18(21)16-11-7-5-8-12-16/h5-14,18H,15H2,1-4H3/t18-,21-/m0/s1. The van der Waals surface area contributed by atoms with Crippen LogP contribution in [-0.4, -0.2) is 12.4 Å². The Morgan fingerprint density at radius 1 is 1.04 bits per heavy atom. The molecule has 3 nitrogen and oxygen atoms in total. The summed E-state index contributed by atoms with van der Waals surface area (Å²) in [5, 5.41) is 1.90. The van der Waals surface area contributed by atoms with E-state index in [4.69, 9.17) is 4.84 Å². The number of nitrogens with zero attached hydrogens (tertiary/aromatic N) is 1. The van der Waals surface area contributed by atoms with E-state index in [1.54, 1.807) is 0 Å². The number of hydrogen-bond acceptors (Lipinski definition) is 3. The number of para-hydroxylation sites is 1. The van der Waals surface area contributed by atoms with E-state index in [0.717, 1.165) is 11.3 Å². The van der Waals surface area contributed by atoms with E-state index in [9.17, 15) is 4.79 Å².